The van der Waals surface area contributed by atoms with Gasteiger partial charge >= 0.3 is 0 Å². The van der Waals surface area contributed by atoms with Gasteiger partial charge in [-0.25, -0.2) is 4.98 Å². The van der Waals surface area contributed by atoms with E-state index in [4.69, 9.17) is 21.4 Å². The molecule has 2 N–H and O–H groups in total. The first-order valence-electron chi connectivity index (χ1n) is 13.3. The number of rotatable bonds is 11. The number of unbranched alkanes of at least 4 members (excludes halogenated alkanes) is 3. The number of benzene rings is 3. The molecule has 6 nitrogen and oxygen atoms in total. The molecule has 1 amide bonds. The normalized spacial score (nSPS) is 11.8. The average Bonchev–Trinajstić information content (AvgIpc) is 3.36. The molecular weight excluding hydrogens is 494 g/mol. The minimum Gasteiger partial charge on any atom is -0.494 e. The molecule has 0 radical (unpaired) electrons. The second-order valence-corrected chi connectivity index (χ2v) is 9.88. The van der Waals surface area contributed by atoms with E-state index in [1.54, 1.807) is 24.3 Å². The predicted octanol–water partition coefficient (Wildman–Crippen LogP) is 8.09. The zero-order chi connectivity index (χ0) is 26.9. The third-order valence-electron chi connectivity index (χ3n) is 6.59. The number of carbonyl (C=O) groups excluding carboxylic acids is 1. The summed E-state index contributed by atoms with van der Waals surface area (Å²) in [7, 11) is 0. The average molecular weight is 530 g/mol. The van der Waals surface area contributed by atoms with Crippen molar-refractivity contribution in [3.8, 4) is 17.2 Å². The Labute approximate surface area is 229 Å². The number of anilines is 1. The summed E-state index contributed by atoms with van der Waals surface area (Å²) in [6, 6.07) is 20.8. The van der Waals surface area contributed by atoms with Crippen LogP contribution in [0.3, 0.4) is 0 Å². The highest BCUT2D eigenvalue weighted by atomic mass is 32.1. The lowest BCUT2D eigenvalue weighted by atomic mass is 9.98. The SMILES string of the molecule is CCCCCCOc1ccc(C(=O)NC(=S)Nc2ccc(-c3nc4cc([C@H](C)CC)ccc4o3)cc2)cc1. The van der Waals surface area contributed by atoms with Crippen molar-refractivity contribution in [2.45, 2.75) is 58.8 Å². The van der Waals surface area contributed by atoms with Crippen molar-refractivity contribution in [1.82, 2.24) is 10.3 Å². The van der Waals surface area contributed by atoms with Crippen molar-refractivity contribution in [3.05, 3.63) is 77.9 Å². The van der Waals surface area contributed by atoms with Crippen LogP contribution in [-0.4, -0.2) is 22.6 Å². The molecule has 3 aromatic carbocycles. The molecule has 0 aliphatic carbocycles. The molecule has 1 aromatic heterocycles. The zero-order valence-corrected chi connectivity index (χ0v) is 23.1. The van der Waals surface area contributed by atoms with Crippen molar-refractivity contribution < 1.29 is 13.9 Å². The van der Waals surface area contributed by atoms with Gasteiger partial charge in [0.05, 0.1) is 6.61 Å². The quantitative estimate of drug-likeness (QED) is 0.151. The van der Waals surface area contributed by atoms with E-state index in [1.807, 2.05) is 30.3 Å². The van der Waals surface area contributed by atoms with Crippen LogP contribution in [0.5, 0.6) is 5.75 Å². The Hall–Kier alpha value is -3.71. The van der Waals surface area contributed by atoms with E-state index in [-0.39, 0.29) is 11.0 Å². The lowest BCUT2D eigenvalue weighted by Gasteiger charge is -2.10. The van der Waals surface area contributed by atoms with Gasteiger partial charge in [0.1, 0.15) is 11.3 Å². The molecule has 0 spiro atoms. The van der Waals surface area contributed by atoms with Crippen LogP contribution in [-0.2, 0) is 0 Å². The zero-order valence-electron chi connectivity index (χ0n) is 22.3. The molecule has 7 heteroatoms. The van der Waals surface area contributed by atoms with Crippen LogP contribution in [0.15, 0.2) is 71.1 Å². The minimum atomic E-state index is -0.281. The van der Waals surface area contributed by atoms with Gasteiger partial charge in [-0.3, -0.25) is 10.1 Å². The highest BCUT2D eigenvalue weighted by molar-refractivity contribution is 7.80. The maximum Gasteiger partial charge on any atom is 0.257 e. The van der Waals surface area contributed by atoms with Gasteiger partial charge in [-0.2, -0.15) is 0 Å². The molecule has 0 unspecified atom stereocenters. The number of fused-ring (bicyclic) bond motifs is 1. The lowest BCUT2D eigenvalue weighted by Crippen LogP contribution is -2.34. The summed E-state index contributed by atoms with van der Waals surface area (Å²) >= 11 is 5.34. The number of hydrogen-bond acceptors (Lipinski definition) is 5. The minimum absolute atomic E-state index is 0.221. The van der Waals surface area contributed by atoms with Crippen molar-refractivity contribution in [3.63, 3.8) is 0 Å². The fourth-order valence-electron chi connectivity index (χ4n) is 4.07. The predicted molar refractivity (Wildman–Crippen MR) is 158 cm³/mol. The maximum absolute atomic E-state index is 12.6. The highest BCUT2D eigenvalue weighted by Crippen LogP contribution is 2.28. The summed E-state index contributed by atoms with van der Waals surface area (Å²) in [5.74, 6) is 1.52. The van der Waals surface area contributed by atoms with E-state index < -0.39 is 0 Å². The molecule has 0 saturated heterocycles. The highest BCUT2D eigenvalue weighted by Gasteiger charge is 2.12. The van der Waals surface area contributed by atoms with Crippen molar-refractivity contribution in [1.29, 1.82) is 0 Å². The van der Waals surface area contributed by atoms with Crippen LogP contribution in [0.4, 0.5) is 5.69 Å². The molecule has 4 aromatic rings. The first-order valence-corrected chi connectivity index (χ1v) is 13.7. The van der Waals surface area contributed by atoms with Crippen LogP contribution in [0.1, 0.15) is 74.7 Å². The molecule has 4 rings (SSSR count). The third-order valence-corrected chi connectivity index (χ3v) is 6.80. The number of nitrogens with zero attached hydrogens (tertiary/aromatic N) is 1. The number of thiocarbonyl (C=S) groups is 1. The number of aromatic nitrogens is 1. The molecule has 1 heterocycles. The molecule has 0 fully saturated rings. The molecule has 0 bridgehead atoms. The van der Waals surface area contributed by atoms with E-state index >= 15 is 0 Å². The van der Waals surface area contributed by atoms with Gasteiger partial charge in [0.25, 0.3) is 5.91 Å². The van der Waals surface area contributed by atoms with Gasteiger partial charge in [0.2, 0.25) is 5.89 Å². The summed E-state index contributed by atoms with van der Waals surface area (Å²) < 4.78 is 11.7. The molecule has 1 atom stereocenters. The summed E-state index contributed by atoms with van der Waals surface area (Å²) in [6.45, 7) is 7.26. The Balaban J connectivity index is 1.30. The van der Waals surface area contributed by atoms with Gasteiger partial charge in [-0.1, -0.05) is 46.1 Å². The lowest BCUT2D eigenvalue weighted by molar-refractivity contribution is 0.0977. The van der Waals surface area contributed by atoms with E-state index in [0.29, 0.717) is 24.0 Å². The molecule has 0 aliphatic heterocycles. The van der Waals surface area contributed by atoms with Gasteiger partial charge in [-0.15, -0.1) is 0 Å². The van der Waals surface area contributed by atoms with Crippen molar-refractivity contribution in [2.75, 3.05) is 11.9 Å². The Bertz CT molecular complexity index is 1360. The number of carbonyl (C=O) groups is 1. The Morgan fingerprint density at radius 3 is 2.47 bits per heavy atom. The van der Waals surface area contributed by atoms with E-state index in [9.17, 15) is 4.79 Å². The Morgan fingerprint density at radius 1 is 1.00 bits per heavy atom. The summed E-state index contributed by atoms with van der Waals surface area (Å²) in [5, 5.41) is 6.00. The molecule has 0 aliphatic rings. The Kier molecular flexibility index (Phi) is 9.49. The van der Waals surface area contributed by atoms with Crippen LogP contribution in [0.2, 0.25) is 0 Å². The monoisotopic (exact) mass is 529 g/mol. The first-order chi connectivity index (χ1) is 18.5. The van der Waals surface area contributed by atoms with Crippen molar-refractivity contribution in [2.24, 2.45) is 0 Å². The topological polar surface area (TPSA) is 76.4 Å². The molecule has 38 heavy (non-hydrogen) atoms. The number of nitrogens with one attached hydrogen (secondary N) is 2. The van der Waals surface area contributed by atoms with E-state index in [2.05, 4.69) is 48.5 Å². The van der Waals surface area contributed by atoms with Gasteiger partial charge < -0.3 is 14.5 Å². The maximum atomic E-state index is 12.6. The fourth-order valence-corrected chi connectivity index (χ4v) is 4.28. The van der Waals surface area contributed by atoms with Crippen LogP contribution in [0.25, 0.3) is 22.6 Å². The summed E-state index contributed by atoms with van der Waals surface area (Å²) in [4.78, 5) is 17.3. The van der Waals surface area contributed by atoms with Gasteiger partial charge in [-0.05, 0) is 97.2 Å². The fraction of sp³-hybridized carbons (Fsp3) is 0.323. The van der Waals surface area contributed by atoms with Crippen LogP contribution >= 0.6 is 12.2 Å². The Morgan fingerprint density at radius 2 is 1.76 bits per heavy atom. The number of oxazole rings is 1. The van der Waals surface area contributed by atoms with E-state index in [1.165, 1.54) is 24.8 Å². The van der Waals surface area contributed by atoms with Crippen LogP contribution < -0.4 is 15.4 Å². The third kappa shape index (κ3) is 7.19. The van der Waals surface area contributed by atoms with E-state index in [0.717, 1.165) is 40.9 Å². The van der Waals surface area contributed by atoms with Gasteiger partial charge in [0.15, 0.2) is 10.7 Å². The standard InChI is InChI=1S/C31H35N3O3S/c1-4-6-7-8-19-36-26-16-11-22(12-17-26)29(35)34-31(38)32-25-14-9-23(10-15-25)30-33-27-20-24(21(3)5-2)13-18-28(27)37-30/h9-18,20-21H,4-8,19H2,1-3H3,(H2,32,34,35,38)/t21-/m1/s1. The smallest absolute Gasteiger partial charge is 0.257 e. The van der Waals surface area contributed by atoms with Gasteiger partial charge in [0, 0.05) is 16.8 Å². The first kappa shape index (κ1) is 27.3. The number of ether oxygens (including phenoxy) is 1. The number of hydrogen-bond donors (Lipinski definition) is 2. The molecular formula is C31H35N3O3S. The molecule has 198 valence electrons. The summed E-state index contributed by atoms with van der Waals surface area (Å²) in [5.41, 5.74) is 5.01. The largest absolute Gasteiger partial charge is 0.494 e. The second kappa shape index (κ2) is 13.2. The number of amides is 1. The summed E-state index contributed by atoms with van der Waals surface area (Å²) in [6.07, 6.45) is 5.70. The molecule has 0 saturated carbocycles. The van der Waals surface area contributed by atoms with Crippen LogP contribution in [0, 0.1) is 0 Å². The second-order valence-electron chi connectivity index (χ2n) is 9.47. The van der Waals surface area contributed by atoms with Crippen molar-refractivity contribution >= 4 is 40.0 Å².